The summed E-state index contributed by atoms with van der Waals surface area (Å²) in [4.78, 5) is 0. The predicted molar refractivity (Wildman–Crippen MR) is 83.7 cm³/mol. The van der Waals surface area contributed by atoms with E-state index in [0.29, 0.717) is 0 Å². The van der Waals surface area contributed by atoms with Gasteiger partial charge in [0, 0.05) is 0 Å². The van der Waals surface area contributed by atoms with Crippen molar-refractivity contribution >= 4 is 6.21 Å². The highest BCUT2D eigenvalue weighted by atomic mass is 14.3. The van der Waals surface area contributed by atoms with Crippen LogP contribution in [0.4, 0.5) is 0 Å². The fourth-order valence-corrected chi connectivity index (χ4v) is 2.44. The van der Waals surface area contributed by atoms with Crippen LogP contribution in [-0.4, -0.2) is 6.21 Å². The maximum Gasteiger partial charge on any atom is -0.00477 e. The smallest absolute Gasteiger partial charge is 0.00477 e. The first-order valence-corrected chi connectivity index (χ1v) is 8.40. The Kier molecular flexibility index (Phi) is 16.4. The molecule has 0 atom stereocenters. The van der Waals surface area contributed by atoms with Gasteiger partial charge in [0.1, 0.15) is 0 Å². The molecule has 108 valence electrons. The molecule has 0 bridgehead atoms. The Labute approximate surface area is 115 Å². The van der Waals surface area contributed by atoms with Crippen LogP contribution in [0.1, 0.15) is 103 Å². The molecule has 0 radical (unpaired) electrons. The van der Waals surface area contributed by atoms with Crippen molar-refractivity contribution in [3.63, 3.8) is 0 Å². The summed E-state index contributed by atoms with van der Waals surface area (Å²) in [5.41, 5.74) is 0. The molecule has 0 aliphatic rings. The van der Waals surface area contributed by atoms with E-state index in [1.54, 1.807) is 6.21 Å². The van der Waals surface area contributed by atoms with Crippen LogP contribution in [0.3, 0.4) is 0 Å². The zero-order chi connectivity index (χ0) is 13.3. The monoisotopic (exact) mass is 253 g/mol. The molecule has 1 nitrogen and oxygen atoms in total. The predicted octanol–water partition coefficient (Wildman–Crippen LogP) is 6.51. The van der Waals surface area contributed by atoms with E-state index in [2.05, 4.69) is 6.92 Å². The van der Waals surface area contributed by atoms with Crippen molar-refractivity contribution in [1.29, 1.82) is 5.41 Å². The Balaban J connectivity index is 2.88. The van der Waals surface area contributed by atoms with Gasteiger partial charge >= 0.3 is 0 Å². The van der Waals surface area contributed by atoms with Gasteiger partial charge in [0.15, 0.2) is 0 Å². The molecule has 0 unspecified atom stereocenters. The standard InChI is InChI=1S/C17H35N/c1-2-3-4-5-6-7-8-9-10-11-12-13-14-15-16-17-18/h17-18H,2-16H2,1H3. The summed E-state index contributed by atoms with van der Waals surface area (Å²) < 4.78 is 0. The van der Waals surface area contributed by atoms with Crippen molar-refractivity contribution in [2.75, 3.05) is 0 Å². The van der Waals surface area contributed by atoms with Crippen molar-refractivity contribution < 1.29 is 0 Å². The van der Waals surface area contributed by atoms with E-state index in [1.807, 2.05) is 0 Å². The molecule has 0 rings (SSSR count). The van der Waals surface area contributed by atoms with Gasteiger partial charge in [-0.25, -0.2) is 0 Å². The van der Waals surface area contributed by atoms with Crippen molar-refractivity contribution in [3.8, 4) is 0 Å². The number of rotatable bonds is 15. The molecule has 18 heavy (non-hydrogen) atoms. The highest BCUT2D eigenvalue weighted by Gasteiger charge is 1.93. The Morgan fingerprint density at radius 2 is 0.889 bits per heavy atom. The molecule has 0 aliphatic heterocycles. The SMILES string of the molecule is CCCCCCCCCCCCCCCCC=N. The van der Waals surface area contributed by atoms with Crippen LogP contribution in [0.2, 0.25) is 0 Å². The first-order valence-electron chi connectivity index (χ1n) is 8.40. The lowest BCUT2D eigenvalue weighted by atomic mass is 10.0. The Hall–Kier alpha value is -0.330. The molecular formula is C17H35N. The van der Waals surface area contributed by atoms with E-state index in [0.717, 1.165) is 6.42 Å². The minimum Gasteiger partial charge on any atom is -0.313 e. The Bertz CT molecular complexity index is 154. The van der Waals surface area contributed by atoms with Crippen LogP contribution in [0.15, 0.2) is 0 Å². The lowest BCUT2D eigenvalue weighted by molar-refractivity contribution is 0.537. The van der Waals surface area contributed by atoms with Gasteiger partial charge in [-0.3, -0.25) is 0 Å². The molecular weight excluding hydrogens is 218 g/mol. The number of unbranched alkanes of at least 4 members (excludes halogenated alkanes) is 14. The average molecular weight is 253 g/mol. The second-order valence-electron chi connectivity index (χ2n) is 5.59. The molecule has 0 saturated heterocycles. The van der Waals surface area contributed by atoms with Gasteiger partial charge in [0.25, 0.3) is 0 Å². The summed E-state index contributed by atoms with van der Waals surface area (Å²) in [6.07, 6.45) is 22.3. The second kappa shape index (κ2) is 16.7. The average Bonchev–Trinajstić information content (AvgIpc) is 2.39. The lowest BCUT2D eigenvalue weighted by Crippen LogP contribution is -1.83. The molecule has 0 amide bonds. The number of hydrogen-bond acceptors (Lipinski definition) is 1. The normalized spacial score (nSPS) is 10.7. The summed E-state index contributed by atoms with van der Waals surface area (Å²) in [5, 5.41) is 6.94. The largest absolute Gasteiger partial charge is 0.313 e. The first kappa shape index (κ1) is 17.7. The highest BCUT2D eigenvalue weighted by Crippen LogP contribution is 2.12. The maximum atomic E-state index is 6.94. The van der Waals surface area contributed by atoms with Gasteiger partial charge in [0.05, 0.1) is 0 Å². The van der Waals surface area contributed by atoms with Crippen LogP contribution in [0.5, 0.6) is 0 Å². The van der Waals surface area contributed by atoms with Gasteiger partial charge in [-0.2, -0.15) is 0 Å². The fourth-order valence-electron chi connectivity index (χ4n) is 2.44. The molecule has 1 heteroatoms. The molecule has 0 saturated carbocycles. The third kappa shape index (κ3) is 15.7. The van der Waals surface area contributed by atoms with Gasteiger partial charge in [0.2, 0.25) is 0 Å². The van der Waals surface area contributed by atoms with Crippen molar-refractivity contribution in [3.05, 3.63) is 0 Å². The number of hydrogen-bond donors (Lipinski definition) is 1. The first-order chi connectivity index (χ1) is 8.91. The molecule has 0 aliphatic carbocycles. The highest BCUT2D eigenvalue weighted by molar-refractivity contribution is 5.52. The molecule has 0 spiro atoms. The van der Waals surface area contributed by atoms with Gasteiger partial charge in [-0.05, 0) is 19.1 Å². The van der Waals surface area contributed by atoms with Gasteiger partial charge < -0.3 is 5.41 Å². The zero-order valence-electron chi connectivity index (χ0n) is 12.7. The second-order valence-corrected chi connectivity index (χ2v) is 5.59. The van der Waals surface area contributed by atoms with Crippen molar-refractivity contribution in [1.82, 2.24) is 0 Å². The van der Waals surface area contributed by atoms with Crippen LogP contribution in [-0.2, 0) is 0 Å². The summed E-state index contributed by atoms with van der Waals surface area (Å²) in [6, 6.07) is 0. The molecule has 1 N–H and O–H groups in total. The molecule has 0 aromatic heterocycles. The van der Waals surface area contributed by atoms with E-state index < -0.39 is 0 Å². The minimum atomic E-state index is 0.984. The molecule has 0 heterocycles. The van der Waals surface area contributed by atoms with Crippen LogP contribution < -0.4 is 0 Å². The van der Waals surface area contributed by atoms with E-state index in [-0.39, 0.29) is 0 Å². The Morgan fingerprint density at radius 1 is 0.556 bits per heavy atom. The van der Waals surface area contributed by atoms with Crippen molar-refractivity contribution in [2.24, 2.45) is 0 Å². The molecule has 0 aromatic carbocycles. The van der Waals surface area contributed by atoms with Gasteiger partial charge in [-0.15, -0.1) is 0 Å². The maximum absolute atomic E-state index is 6.94. The third-order valence-electron chi connectivity index (χ3n) is 3.70. The van der Waals surface area contributed by atoms with E-state index in [4.69, 9.17) is 5.41 Å². The van der Waals surface area contributed by atoms with Crippen LogP contribution in [0.25, 0.3) is 0 Å². The van der Waals surface area contributed by atoms with Crippen LogP contribution in [0, 0.1) is 5.41 Å². The fraction of sp³-hybridized carbons (Fsp3) is 0.941. The zero-order valence-corrected chi connectivity index (χ0v) is 12.7. The lowest BCUT2D eigenvalue weighted by Gasteiger charge is -2.02. The van der Waals surface area contributed by atoms with Gasteiger partial charge in [-0.1, -0.05) is 90.4 Å². The third-order valence-corrected chi connectivity index (χ3v) is 3.70. The van der Waals surface area contributed by atoms with Crippen LogP contribution >= 0.6 is 0 Å². The Morgan fingerprint density at radius 3 is 1.22 bits per heavy atom. The summed E-state index contributed by atoms with van der Waals surface area (Å²) in [5.74, 6) is 0. The van der Waals surface area contributed by atoms with E-state index in [9.17, 15) is 0 Å². The summed E-state index contributed by atoms with van der Waals surface area (Å²) >= 11 is 0. The number of nitrogens with one attached hydrogen (secondary N) is 1. The quantitative estimate of drug-likeness (QED) is 0.254. The summed E-state index contributed by atoms with van der Waals surface area (Å²) in [6.45, 7) is 2.28. The topological polar surface area (TPSA) is 23.9 Å². The molecule has 0 fully saturated rings. The van der Waals surface area contributed by atoms with E-state index >= 15 is 0 Å². The van der Waals surface area contributed by atoms with E-state index in [1.165, 1.54) is 89.9 Å². The summed E-state index contributed by atoms with van der Waals surface area (Å²) in [7, 11) is 0. The minimum absolute atomic E-state index is 0.984. The molecule has 0 aromatic rings. The van der Waals surface area contributed by atoms with Crippen molar-refractivity contribution in [2.45, 2.75) is 103 Å².